The predicted molar refractivity (Wildman–Crippen MR) is 61.6 cm³/mol. The molecule has 82 valence electrons. The van der Waals surface area contributed by atoms with E-state index >= 15 is 0 Å². The highest BCUT2D eigenvalue weighted by molar-refractivity contribution is 7.98. The van der Waals surface area contributed by atoms with Crippen molar-refractivity contribution >= 4 is 35.1 Å². The topological polar surface area (TPSA) is 86.1 Å². The van der Waals surface area contributed by atoms with Crippen molar-refractivity contribution in [1.82, 2.24) is 9.69 Å². The van der Waals surface area contributed by atoms with Gasteiger partial charge in [-0.3, -0.25) is 5.41 Å². The fraction of sp³-hybridized carbons (Fsp3) is 0.375. The van der Waals surface area contributed by atoms with E-state index in [0.29, 0.717) is 6.54 Å². The van der Waals surface area contributed by atoms with Gasteiger partial charge in [0, 0.05) is 23.4 Å². The summed E-state index contributed by atoms with van der Waals surface area (Å²) in [4.78, 5) is 10.2. The van der Waals surface area contributed by atoms with Crippen molar-refractivity contribution in [3.63, 3.8) is 0 Å². The van der Waals surface area contributed by atoms with Crippen LogP contribution in [0.2, 0.25) is 0 Å². The fourth-order valence-corrected chi connectivity index (χ4v) is 2.19. The van der Waals surface area contributed by atoms with E-state index in [1.807, 2.05) is 11.4 Å². The van der Waals surface area contributed by atoms with Gasteiger partial charge in [-0.05, 0) is 17.6 Å². The Morgan fingerprint density at radius 1 is 1.73 bits per heavy atom. The number of amidine groups is 1. The lowest BCUT2D eigenvalue weighted by atomic mass is 10.5. The van der Waals surface area contributed by atoms with E-state index in [9.17, 15) is 4.79 Å². The van der Waals surface area contributed by atoms with Crippen molar-refractivity contribution in [3.8, 4) is 0 Å². The van der Waals surface area contributed by atoms with Gasteiger partial charge in [-0.25, -0.2) is 4.79 Å². The molecule has 0 unspecified atom stereocenters. The molecule has 0 aliphatic carbocycles. The Labute approximate surface area is 95.6 Å². The van der Waals surface area contributed by atoms with Crippen LogP contribution >= 0.6 is 23.3 Å². The summed E-state index contributed by atoms with van der Waals surface area (Å²) in [5, 5.41) is 19.8. The maximum absolute atomic E-state index is 10.2. The maximum Gasteiger partial charge on any atom is 0.370 e. The van der Waals surface area contributed by atoms with Crippen molar-refractivity contribution in [2.24, 2.45) is 0 Å². The molecule has 0 atom stereocenters. The van der Waals surface area contributed by atoms with E-state index < -0.39 is 11.8 Å². The molecule has 0 bridgehead atoms. The molecule has 15 heavy (non-hydrogen) atoms. The Morgan fingerprint density at radius 2 is 2.53 bits per heavy atom. The van der Waals surface area contributed by atoms with Crippen molar-refractivity contribution in [3.05, 3.63) is 17.1 Å². The first kappa shape index (κ1) is 12.0. The molecule has 0 saturated heterocycles. The Balaban J connectivity index is 2.03. The molecule has 5 nitrogen and oxygen atoms in total. The first-order valence-electron chi connectivity index (χ1n) is 4.23. The van der Waals surface area contributed by atoms with E-state index in [2.05, 4.69) is 9.69 Å². The highest BCUT2D eigenvalue weighted by Gasteiger charge is 2.04. The van der Waals surface area contributed by atoms with Crippen LogP contribution in [0.3, 0.4) is 0 Å². The molecule has 0 amide bonds. The monoisotopic (exact) mass is 245 g/mol. The standard InChI is InChI=1S/C8H11N3O2S2/c9-7(8(12)13)10-2-4-14-5-6-1-3-15-11-6/h1,3H,2,4-5H2,(H2,9,10)(H,12,13). The minimum atomic E-state index is -1.22. The van der Waals surface area contributed by atoms with E-state index in [0.717, 1.165) is 17.2 Å². The van der Waals surface area contributed by atoms with Crippen LogP contribution < -0.4 is 5.32 Å². The minimum Gasteiger partial charge on any atom is -0.475 e. The number of carboxylic acid groups (broad SMARTS) is 1. The summed E-state index contributed by atoms with van der Waals surface area (Å²) in [5.41, 5.74) is 1.04. The zero-order valence-corrected chi connectivity index (χ0v) is 9.53. The smallest absolute Gasteiger partial charge is 0.370 e. The molecular formula is C8H11N3O2S2. The third-order valence-corrected chi connectivity index (χ3v) is 3.09. The molecule has 3 N–H and O–H groups in total. The van der Waals surface area contributed by atoms with Gasteiger partial charge in [0.1, 0.15) is 0 Å². The van der Waals surface area contributed by atoms with Crippen LogP contribution in [0.15, 0.2) is 11.4 Å². The second-order valence-corrected chi connectivity index (χ2v) is 4.42. The lowest BCUT2D eigenvalue weighted by molar-refractivity contribution is -0.129. The Bertz CT molecular complexity index is 327. The molecule has 0 saturated carbocycles. The second kappa shape index (κ2) is 6.41. The number of hydrogen-bond acceptors (Lipinski definition) is 5. The minimum absolute atomic E-state index is 0.454. The number of rotatable bonds is 5. The van der Waals surface area contributed by atoms with E-state index in [1.54, 1.807) is 11.8 Å². The van der Waals surface area contributed by atoms with Gasteiger partial charge in [-0.1, -0.05) is 0 Å². The molecule has 0 aliphatic rings. The number of nitrogens with one attached hydrogen (secondary N) is 2. The number of carbonyl (C=O) groups is 1. The van der Waals surface area contributed by atoms with E-state index in [4.69, 9.17) is 10.5 Å². The molecule has 0 aliphatic heterocycles. The van der Waals surface area contributed by atoms with Gasteiger partial charge < -0.3 is 10.4 Å². The Morgan fingerprint density at radius 3 is 3.13 bits per heavy atom. The molecular weight excluding hydrogens is 234 g/mol. The Kier molecular flexibility index (Phi) is 5.13. The average Bonchev–Trinajstić information content (AvgIpc) is 2.69. The first-order chi connectivity index (χ1) is 7.20. The van der Waals surface area contributed by atoms with Crippen molar-refractivity contribution in [1.29, 1.82) is 5.41 Å². The largest absolute Gasteiger partial charge is 0.475 e. The zero-order chi connectivity index (χ0) is 11.1. The van der Waals surface area contributed by atoms with Crippen LogP contribution in [0.4, 0.5) is 0 Å². The number of hydrogen-bond donors (Lipinski definition) is 3. The quantitative estimate of drug-likeness (QED) is 0.410. The van der Waals surface area contributed by atoms with Gasteiger partial charge in [-0.15, -0.1) is 0 Å². The SMILES string of the molecule is N=C(NCCSCc1ccsn1)C(=O)O. The van der Waals surface area contributed by atoms with Gasteiger partial charge in [-0.2, -0.15) is 16.1 Å². The predicted octanol–water partition coefficient (Wildman–Crippen LogP) is 1.03. The molecule has 1 heterocycles. The second-order valence-electron chi connectivity index (χ2n) is 2.65. The van der Waals surface area contributed by atoms with Crippen LogP contribution in [0, 0.1) is 5.41 Å². The van der Waals surface area contributed by atoms with Crippen LogP contribution in [0.1, 0.15) is 5.69 Å². The van der Waals surface area contributed by atoms with Crippen molar-refractivity contribution in [2.75, 3.05) is 12.3 Å². The van der Waals surface area contributed by atoms with Crippen LogP contribution in [0.25, 0.3) is 0 Å². The number of carboxylic acids is 1. The molecule has 0 spiro atoms. The Hall–Kier alpha value is -1.08. The summed E-state index contributed by atoms with van der Waals surface area (Å²) in [5.74, 6) is -0.0950. The van der Waals surface area contributed by atoms with E-state index in [1.165, 1.54) is 11.5 Å². The number of aliphatic carboxylic acids is 1. The lowest BCUT2D eigenvalue weighted by Gasteiger charge is -2.02. The highest BCUT2D eigenvalue weighted by atomic mass is 32.2. The maximum atomic E-state index is 10.2. The normalized spacial score (nSPS) is 9.87. The molecule has 1 aromatic heterocycles. The number of aromatic nitrogens is 1. The third kappa shape index (κ3) is 4.80. The zero-order valence-electron chi connectivity index (χ0n) is 7.90. The van der Waals surface area contributed by atoms with Crippen LogP contribution in [-0.4, -0.2) is 33.6 Å². The number of nitrogens with zero attached hydrogens (tertiary/aromatic N) is 1. The number of thioether (sulfide) groups is 1. The fourth-order valence-electron chi connectivity index (χ4n) is 0.813. The molecule has 1 aromatic rings. The van der Waals surface area contributed by atoms with Gasteiger partial charge >= 0.3 is 5.97 Å². The first-order valence-corrected chi connectivity index (χ1v) is 6.22. The average molecular weight is 245 g/mol. The van der Waals surface area contributed by atoms with Gasteiger partial charge in [0.05, 0.1) is 5.69 Å². The summed E-state index contributed by atoms with van der Waals surface area (Å²) in [7, 11) is 0. The van der Waals surface area contributed by atoms with Gasteiger partial charge in [0.15, 0.2) is 0 Å². The molecule has 0 radical (unpaired) electrons. The summed E-state index contributed by atoms with van der Waals surface area (Å²) >= 11 is 3.08. The van der Waals surface area contributed by atoms with Crippen LogP contribution in [-0.2, 0) is 10.5 Å². The van der Waals surface area contributed by atoms with Crippen molar-refractivity contribution < 1.29 is 9.90 Å². The van der Waals surface area contributed by atoms with E-state index in [-0.39, 0.29) is 0 Å². The lowest BCUT2D eigenvalue weighted by Crippen LogP contribution is -2.31. The van der Waals surface area contributed by atoms with Gasteiger partial charge in [0.25, 0.3) is 0 Å². The summed E-state index contributed by atoms with van der Waals surface area (Å²) in [6, 6.07) is 1.96. The summed E-state index contributed by atoms with van der Waals surface area (Å²) in [6.45, 7) is 0.486. The molecule has 0 fully saturated rings. The molecule has 1 rings (SSSR count). The van der Waals surface area contributed by atoms with Crippen molar-refractivity contribution in [2.45, 2.75) is 5.75 Å². The van der Waals surface area contributed by atoms with Gasteiger partial charge in [0.2, 0.25) is 5.84 Å². The molecule has 0 aromatic carbocycles. The van der Waals surface area contributed by atoms with Crippen LogP contribution in [0.5, 0.6) is 0 Å². The summed E-state index contributed by atoms with van der Waals surface area (Å²) in [6.07, 6.45) is 0. The summed E-state index contributed by atoms with van der Waals surface area (Å²) < 4.78 is 4.14. The third-order valence-electron chi connectivity index (χ3n) is 1.50. The molecule has 7 heteroatoms. The highest BCUT2D eigenvalue weighted by Crippen LogP contribution is 2.10.